The average molecular weight is 271 g/mol. The molecule has 0 radical (unpaired) electrons. The number of benzene rings is 1. The number of Topliss-reactive ketones (excluding diaryl/α,β-unsaturated/α-hetero) is 1. The van der Waals surface area contributed by atoms with Gasteiger partial charge in [0.05, 0.1) is 12.1 Å². The predicted molar refractivity (Wildman–Crippen MR) is 76.3 cm³/mol. The van der Waals surface area contributed by atoms with Gasteiger partial charge >= 0.3 is 5.97 Å². The normalized spacial score (nSPS) is 12.1. The van der Waals surface area contributed by atoms with Crippen LogP contribution in [-0.2, 0) is 20.7 Å². The Morgan fingerprint density at radius 3 is 2.65 bits per heavy atom. The fraction of sp³-hybridized carbons (Fsp3) is 0.312. The Balaban J connectivity index is 2.24. The van der Waals surface area contributed by atoms with Crippen molar-refractivity contribution < 1.29 is 14.3 Å². The molecule has 0 aliphatic carbocycles. The summed E-state index contributed by atoms with van der Waals surface area (Å²) in [6, 6.07) is 11.5. The highest BCUT2D eigenvalue weighted by Crippen LogP contribution is 2.15. The fourth-order valence-electron chi connectivity index (χ4n) is 2.07. The average Bonchev–Trinajstić information content (AvgIpc) is 2.44. The Bertz CT molecular complexity index is 636. The van der Waals surface area contributed by atoms with Crippen molar-refractivity contribution in [1.29, 1.82) is 0 Å². The van der Waals surface area contributed by atoms with E-state index in [4.69, 9.17) is 4.74 Å². The maximum atomic E-state index is 11.8. The third-order valence-corrected chi connectivity index (χ3v) is 3.13. The molecule has 104 valence electrons. The molecular formula is C16H17NO3. The largest absolute Gasteiger partial charge is 0.465 e. The lowest BCUT2D eigenvalue weighted by Gasteiger charge is -2.12. The second-order valence-electron chi connectivity index (χ2n) is 4.61. The third-order valence-electron chi connectivity index (χ3n) is 3.13. The Morgan fingerprint density at radius 1 is 1.20 bits per heavy atom. The van der Waals surface area contributed by atoms with Crippen LogP contribution in [0.1, 0.15) is 19.5 Å². The summed E-state index contributed by atoms with van der Waals surface area (Å²) in [5.74, 6) is -1.45. The second kappa shape index (κ2) is 6.28. The zero-order chi connectivity index (χ0) is 14.5. The molecule has 0 aliphatic heterocycles. The van der Waals surface area contributed by atoms with Gasteiger partial charge in [-0.3, -0.25) is 14.6 Å². The molecule has 1 aromatic heterocycles. The van der Waals surface area contributed by atoms with Gasteiger partial charge in [0.25, 0.3) is 0 Å². The molecule has 4 nitrogen and oxygen atoms in total. The van der Waals surface area contributed by atoms with Crippen molar-refractivity contribution in [2.45, 2.75) is 20.3 Å². The van der Waals surface area contributed by atoms with Crippen molar-refractivity contribution in [1.82, 2.24) is 4.98 Å². The Kier molecular flexibility index (Phi) is 4.45. The minimum atomic E-state index is -0.774. The topological polar surface area (TPSA) is 56.3 Å². The van der Waals surface area contributed by atoms with Crippen LogP contribution < -0.4 is 0 Å². The van der Waals surface area contributed by atoms with Gasteiger partial charge in [0.2, 0.25) is 0 Å². The Morgan fingerprint density at radius 2 is 1.95 bits per heavy atom. The van der Waals surface area contributed by atoms with E-state index < -0.39 is 11.9 Å². The molecule has 0 unspecified atom stereocenters. The SMILES string of the molecule is CCOC(=O)[C@@H](Cc1ccc2ccccc2n1)C(C)=O. The van der Waals surface area contributed by atoms with E-state index in [2.05, 4.69) is 4.98 Å². The first kappa shape index (κ1) is 14.2. The number of pyridine rings is 1. The predicted octanol–water partition coefficient (Wildman–Crippen LogP) is 2.55. The second-order valence-corrected chi connectivity index (χ2v) is 4.61. The van der Waals surface area contributed by atoms with Crippen molar-refractivity contribution in [3.8, 4) is 0 Å². The van der Waals surface area contributed by atoms with Crippen LogP contribution in [0.2, 0.25) is 0 Å². The molecule has 0 saturated heterocycles. The highest BCUT2D eigenvalue weighted by Gasteiger charge is 2.25. The van der Waals surface area contributed by atoms with Gasteiger partial charge in [-0.15, -0.1) is 0 Å². The summed E-state index contributed by atoms with van der Waals surface area (Å²) in [4.78, 5) is 27.9. The fourth-order valence-corrected chi connectivity index (χ4v) is 2.07. The highest BCUT2D eigenvalue weighted by atomic mass is 16.5. The molecule has 0 fully saturated rings. The summed E-state index contributed by atoms with van der Waals surface area (Å²) in [5.41, 5.74) is 1.58. The number of carbonyl (C=O) groups is 2. The molecule has 0 saturated carbocycles. The minimum absolute atomic E-state index is 0.196. The Hall–Kier alpha value is -2.23. The molecule has 1 atom stereocenters. The molecule has 20 heavy (non-hydrogen) atoms. The molecule has 0 spiro atoms. The van der Waals surface area contributed by atoms with E-state index in [0.29, 0.717) is 0 Å². The summed E-state index contributed by atoms with van der Waals surface area (Å²) >= 11 is 0. The number of carbonyl (C=O) groups excluding carboxylic acids is 2. The zero-order valence-electron chi connectivity index (χ0n) is 11.6. The van der Waals surface area contributed by atoms with E-state index in [0.717, 1.165) is 16.6 Å². The van der Waals surface area contributed by atoms with E-state index in [9.17, 15) is 9.59 Å². The quantitative estimate of drug-likeness (QED) is 0.619. The van der Waals surface area contributed by atoms with Crippen LogP contribution in [0.25, 0.3) is 10.9 Å². The molecule has 1 heterocycles. The summed E-state index contributed by atoms with van der Waals surface area (Å²) < 4.78 is 4.94. The van der Waals surface area contributed by atoms with Crippen LogP contribution in [0.4, 0.5) is 0 Å². The molecule has 0 N–H and O–H groups in total. The summed E-state index contributed by atoms with van der Waals surface area (Å²) in [6.07, 6.45) is 0.277. The number of hydrogen-bond donors (Lipinski definition) is 0. The van der Waals surface area contributed by atoms with Crippen molar-refractivity contribution in [3.05, 3.63) is 42.1 Å². The van der Waals surface area contributed by atoms with Gasteiger partial charge < -0.3 is 4.74 Å². The summed E-state index contributed by atoms with van der Waals surface area (Å²) in [6.45, 7) is 3.40. The maximum absolute atomic E-state index is 11.8. The number of hydrogen-bond acceptors (Lipinski definition) is 4. The number of para-hydroxylation sites is 1. The lowest BCUT2D eigenvalue weighted by atomic mass is 9.98. The number of rotatable bonds is 5. The smallest absolute Gasteiger partial charge is 0.316 e. The molecule has 1 aromatic carbocycles. The van der Waals surface area contributed by atoms with Crippen molar-refractivity contribution in [3.63, 3.8) is 0 Å². The van der Waals surface area contributed by atoms with Gasteiger partial charge in [-0.05, 0) is 26.0 Å². The van der Waals surface area contributed by atoms with Crippen LogP contribution in [0.5, 0.6) is 0 Å². The maximum Gasteiger partial charge on any atom is 0.316 e. The number of esters is 1. The van der Waals surface area contributed by atoms with Crippen LogP contribution in [0, 0.1) is 5.92 Å². The molecule has 0 amide bonds. The van der Waals surface area contributed by atoms with Gasteiger partial charge in [0, 0.05) is 17.5 Å². The van der Waals surface area contributed by atoms with Crippen molar-refractivity contribution in [2.75, 3.05) is 6.61 Å². The number of fused-ring (bicyclic) bond motifs is 1. The van der Waals surface area contributed by atoms with Gasteiger partial charge in [-0.1, -0.05) is 24.3 Å². The van der Waals surface area contributed by atoms with Crippen molar-refractivity contribution >= 4 is 22.7 Å². The number of ether oxygens (including phenoxy) is 1. The molecule has 0 aliphatic rings. The van der Waals surface area contributed by atoms with Gasteiger partial charge in [-0.2, -0.15) is 0 Å². The first-order valence-corrected chi connectivity index (χ1v) is 6.63. The van der Waals surface area contributed by atoms with Gasteiger partial charge in [0.15, 0.2) is 0 Å². The molecule has 0 bridgehead atoms. The number of nitrogens with zero attached hydrogens (tertiary/aromatic N) is 1. The van der Waals surface area contributed by atoms with E-state index in [-0.39, 0.29) is 18.8 Å². The first-order chi connectivity index (χ1) is 9.61. The van der Waals surface area contributed by atoms with Crippen molar-refractivity contribution in [2.24, 2.45) is 5.92 Å². The first-order valence-electron chi connectivity index (χ1n) is 6.63. The standard InChI is InChI=1S/C16H17NO3/c1-3-20-16(19)14(11(2)18)10-13-9-8-12-6-4-5-7-15(12)17-13/h4-9,14H,3,10H2,1-2H3/t14-/m0/s1. The summed E-state index contributed by atoms with van der Waals surface area (Å²) in [7, 11) is 0. The molecule has 4 heteroatoms. The van der Waals surface area contributed by atoms with E-state index in [1.165, 1.54) is 6.92 Å². The lowest BCUT2D eigenvalue weighted by molar-refractivity contribution is -0.151. The lowest BCUT2D eigenvalue weighted by Crippen LogP contribution is -2.26. The number of ketones is 1. The molecular weight excluding hydrogens is 254 g/mol. The zero-order valence-corrected chi connectivity index (χ0v) is 11.6. The highest BCUT2D eigenvalue weighted by molar-refractivity contribution is 5.98. The van der Waals surface area contributed by atoms with Crippen LogP contribution >= 0.6 is 0 Å². The van der Waals surface area contributed by atoms with E-state index in [1.54, 1.807) is 6.92 Å². The van der Waals surface area contributed by atoms with Crippen LogP contribution in [-0.4, -0.2) is 23.3 Å². The van der Waals surface area contributed by atoms with Crippen LogP contribution in [0.3, 0.4) is 0 Å². The summed E-state index contributed by atoms with van der Waals surface area (Å²) in [5, 5.41) is 1.03. The molecule has 2 aromatic rings. The Labute approximate surface area is 117 Å². The van der Waals surface area contributed by atoms with E-state index >= 15 is 0 Å². The number of aromatic nitrogens is 1. The minimum Gasteiger partial charge on any atom is -0.465 e. The van der Waals surface area contributed by atoms with Gasteiger partial charge in [-0.25, -0.2) is 0 Å². The van der Waals surface area contributed by atoms with E-state index in [1.807, 2.05) is 36.4 Å². The van der Waals surface area contributed by atoms with Gasteiger partial charge in [0.1, 0.15) is 11.7 Å². The van der Waals surface area contributed by atoms with Crippen LogP contribution in [0.15, 0.2) is 36.4 Å². The monoisotopic (exact) mass is 271 g/mol. The molecule has 2 rings (SSSR count). The third kappa shape index (κ3) is 3.20.